The van der Waals surface area contributed by atoms with Crippen LogP contribution in [0.15, 0.2) is 12.5 Å². The van der Waals surface area contributed by atoms with Crippen LogP contribution in [0.2, 0.25) is 0 Å². The Bertz CT molecular complexity index is 325. The summed E-state index contributed by atoms with van der Waals surface area (Å²) >= 11 is 1.44. The van der Waals surface area contributed by atoms with Crippen LogP contribution in [-0.4, -0.2) is 38.2 Å². The Kier molecular flexibility index (Phi) is 4.01. The molecule has 1 aromatic heterocycles. The van der Waals surface area contributed by atoms with Crippen molar-refractivity contribution in [3.63, 3.8) is 0 Å². The van der Waals surface area contributed by atoms with E-state index in [2.05, 4.69) is 15.3 Å². The predicted octanol–water partition coefficient (Wildman–Crippen LogP) is 0.491. The number of nitrogens with one attached hydrogen (secondary N) is 2. The molecule has 15 heavy (non-hydrogen) atoms. The number of thioether (sulfide) groups is 1. The van der Waals surface area contributed by atoms with Gasteiger partial charge in [0.2, 0.25) is 0 Å². The molecule has 1 saturated heterocycles. The summed E-state index contributed by atoms with van der Waals surface area (Å²) in [4.78, 5) is 17.0. The molecule has 0 aromatic carbocycles. The lowest BCUT2D eigenvalue weighted by molar-refractivity contribution is -0.140. The largest absolute Gasteiger partial charge is 0.479 e. The summed E-state index contributed by atoms with van der Waals surface area (Å²) in [6, 6.07) is 0. The van der Waals surface area contributed by atoms with E-state index in [9.17, 15) is 4.79 Å². The Morgan fingerprint density at radius 3 is 3.00 bits per heavy atom. The molecule has 5 nitrogen and oxygen atoms in total. The number of nitrogens with zero attached hydrogens (tertiary/aromatic N) is 1. The molecule has 1 unspecified atom stereocenters. The van der Waals surface area contributed by atoms with Crippen LogP contribution >= 0.6 is 24.2 Å². The van der Waals surface area contributed by atoms with Crippen molar-refractivity contribution in [1.29, 1.82) is 0 Å². The number of aliphatic carboxylic acids is 1. The summed E-state index contributed by atoms with van der Waals surface area (Å²) in [5.74, 6) is 0.0232. The molecule has 0 aliphatic carbocycles. The smallest absolute Gasteiger partial charge is 0.334 e. The van der Waals surface area contributed by atoms with Crippen molar-refractivity contribution < 1.29 is 9.90 Å². The minimum Gasteiger partial charge on any atom is -0.479 e. The molecule has 0 bridgehead atoms. The van der Waals surface area contributed by atoms with E-state index in [-0.39, 0.29) is 12.4 Å². The topological polar surface area (TPSA) is 78.0 Å². The molecule has 84 valence electrons. The molecule has 1 atom stereocenters. The minimum absolute atomic E-state index is 0. The molecular formula is C8H12ClN3O2S. The zero-order chi connectivity index (χ0) is 10.0. The third-order valence-corrected chi connectivity index (χ3v) is 3.57. The van der Waals surface area contributed by atoms with Crippen molar-refractivity contribution >= 4 is 30.1 Å². The van der Waals surface area contributed by atoms with Gasteiger partial charge in [0.15, 0.2) is 4.87 Å². The summed E-state index contributed by atoms with van der Waals surface area (Å²) in [5.41, 5.74) is 0.842. The van der Waals surface area contributed by atoms with Gasteiger partial charge in [-0.3, -0.25) is 5.32 Å². The average molecular weight is 250 g/mol. The second-order valence-corrected chi connectivity index (χ2v) is 4.55. The van der Waals surface area contributed by atoms with Crippen LogP contribution in [0.4, 0.5) is 0 Å². The zero-order valence-corrected chi connectivity index (χ0v) is 9.53. The van der Waals surface area contributed by atoms with Crippen LogP contribution in [0.25, 0.3) is 0 Å². The Hall–Kier alpha value is -0.720. The van der Waals surface area contributed by atoms with Crippen LogP contribution < -0.4 is 5.32 Å². The van der Waals surface area contributed by atoms with E-state index < -0.39 is 10.8 Å². The van der Waals surface area contributed by atoms with E-state index in [1.807, 2.05) is 0 Å². The molecule has 3 N–H and O–H groups in total. The highest BCUT2D eigenvalue weighted by molar-refractivity contribution is 8.01. The molecule has 0 amide bonds. The molecule has 2 rings (SSSR count). The molecule has 1 aliphatic heterocycles. The summed E-state index contributed by atoms with van der Waals surface area (Å²) in [6.07, 6.45) is 3.66. The molecule has 0 saturated carbocycles. The van der Waals surface area contributed by atoms with Crippen molar-refractivity contribution in [2.45, 2.75) is 11.3 Å². The van der Waals surface area contributed by atoms with Gasteiger partial charge >= 0.3 is 5.97 Å². The number of hydrogen-bond donors (Lipinski definition) is 3. The van der Waals surface area contributed by atoms with Crippen molar-refractivity contribution in [3.8, 4) is 0 Å². The summed E-state index contributed by atoms with van der Waals surface area (Å²) in [6.45, 7) is 0.741. The van der Waals surface area contributed by atoms with Crippen LogP contribution in [0.1, 0.15) is 5.69 Å². The van der Waals surface area contributed by atoms with Crippen molar-refractivity contribution in [1.82, 2.24) is 15.3 Å². The maximum atomic E-state index is 11.1. The maximum Gasteiger partial charge on any atom is 0.334 e. The monoisotopic (exact) mass is 249 g/mol. The number of aromatic amines is 1. The van der Waals surface area contributed by atoms with Gasteiger partial charge in [-0.15, -0.1) is 24.2 Å². The number of carboxylic acids is 1. The van der Waals surface area contributed by atoms with Crippen LogP contribution in [0.3, 0.4) is 0 Å². The molecule has 1 aromatic rings. The zero-order valence-electron chi connectivity index (χ0n) is 7.90. The number of aromatic nitrogens is 2. The highest BCUT2D eigenvalue weighted by Gasteiger charge is 2.42. The second-order valence-electron chi connectivity index (χ2n) is 3.16. The first-order valence-corrected chi connectivity index (χ1v) is 5.31. The molecule has 0 spiro atoms. The Balaban J connectivity index is 0.00000112. The fraction of sp³-hybridized carbons (Fsp3) is 0.500. The SMILES string of the molecule is Cl.O=C(O)C1(Cc2cnc[nH]2)NCCS1. The Labute approximate surface area is 97.5 Å². The average Bonchev–Trinajstić information content (AvgIpc) is 2.76. The molecule has 7 heteroatoms. The van der Waals surface area contributed by atoms with Crippen molar-refractivity contribution in [3.05, 3.63) is 18.2 Å². The van der Waals surface area contributed by atoms with E-state index in [4.69, 9.17) is 5.11 Å². The number of halogens is 1. The van der Waals surface area contributed by atoms with E-state index in [1.165, 1.54) is 11.8 Å². The third kappa shape index (κ3) is 2.45. The summed E-state index contributed by atoms with van der Waals surface area (Å²) in [5, 5.41) is 12.2. The minimum atomic E-state index is -0.869. The van der Waals surface area contributed by atoms with Crippen molar-refractivity contribution in [2.24, 2.45) is 0 Å². The summed E-state index contributed by atoms with van der Waals surface area (Å²) in [7, 11) is 0. The number of carbonyl (C=O) groups is 1. The maximum absolute atomic E-state index is 11.1. The van der Waals surface area contributed by atoms with Crippen molar-refractivity contribution in [2.75, 3.05) is 12.3 Å². The molecule has 1 fully saturated rings. The van der Waals surface area contributed by atoms with Crippen LogP contribution in [0, 0.1) is 0 Å². The first-order chi connectivity index (χ1) is 6.73. The van der Waals surface area contributed by atoms with E-state index in [0.717, 1.165) is 18.0 Å². The van der Waals surface area contributed by atoms with Gasteiger partial charge in [0, 0.05) is 30.6 Å². The molecule has 2 heterocycles. The fourth-order valence-electron chi connectivity index (χ4n) is 1.51. The second kappa shape index (κ2) is 4.87. The number of rotatable bonds is 3. The first-order valence-electron chi connectivity index (χ1n) is 4.32. The van der Waals surface area contributed by atoms with Gasteiger partial charge in [-0.25, -0.2) is 9.78 Å². The number of imidazole rings is 1. The lowest BCUT2D eigenvalue weighted by Gasteiger charge is -2.22. The normalized spacial score (nSPS) is 24.8. The van der Waals surface area contributed by atoms with E-state index in [0.29, 0.717) is 6.42 Å². The van der Waals surface area contributed by atoms with E-state index in [1.54, 1.807) is 12.5 Å². The fourth-order valence-corrected chi connectivity index (χ4v) is 2.64. The Morgan fingerprint density at radius 1 is 1.73 bits per heavy atom. The predicted molar refractivity (Wildman–Crippen MR) is 60.4 cm³/mol. The van der Waals surface area contributed by atoms with Gasteiger partial charge in [0.25, 0.3) is 0 Å². The van der Waals surface area contributed by atoms with Gasteiger partial charge in [-0.05, 0) is 0 Å². The van der Waals surface area contributed by atoms with Crippen LogP contribution in [0.5, 0.6) is 0 Å². The van der Waals surface area contributed by atoms with Gasteiger partial charge in [0.05, 0.1) is 6.33 Å². The molecule has 1 aliphatic rings. The lowest BCUT2D eigenvalue weighted by atomic mass is 10.1. The number of carboxylic acid groups (broad SMARTS) is 1. The Morgan fingerprint density at radius 2 is 2.53 bits per heavy atom. The highest BCUT2D eigenvalue weighted by Crippen LogP contribution is 2.30. The van der Waals surface area contributed by atoms with E-state index >= 15 is 0 Å². The third-order valence-electron chi connectivity index (χ3n) is 2.20. The quantitative estimate of drug-likeness (QED) is 0.727. The van der Waals surface area contributed by atoms with Crippen LogP contribution in [-0.2, 0) is 11.2 Å². The van der Waals surface area contributed by atoms with Gasteiger partial charge in [-0.1, -0.05) is 0 Å². The van der Waals surface area contributed by atoms with Gasteiger partial charge in [0.1, 0.15) is 0 Å². The highest BCUT2D eigenvalue weighted by atomic mass is 35.5. The number of hydrogen-bond acceptors (Lipinski definition) is 4. The molecule has 0 radical (unpaired) electrons. The first kappa shape index (κ1) is 12.4. The lowest BCUT2D eigenvalue weighted by Crippen LogP contribution is -2.47. The molecular weight excluding hydrogens is 238 g/mol. The number of H-pyrrole nitrogens is 1. The summed E-state index contributed by atoms with van der Waals surface area (Å²) < 4.78 is 0. The standard InChI is InChI=1S/C8H11N3O2S.ClH/c12-7(13)8(11-1-2-14-8)3-6-4-9-5-10-6;/h4-5,11H,1-3H2,(H,9,10)(H,12,13);1H. The van der Waals surface area contributed by atoms with Gasteiger partial charge < -0.3 is 10.1 Å². The van der Waals surface area contributed by atoms with Gasteiger partial charge in [-0.2, -0.15) is 0 Å².